The molecule has 0 aliphatic heterocycles. The van der Waals surface area contributed by atoms with Crippen LogP contribution < -0.4 is 0 Å². The normalized spacial score (nSPS) is 10.5. The van der Waals surface area contributed by atoms with E-state index in [0.29, 0.717) is 22.8 Å². The molecule has 2 aromatic heterocycles. The largest absolute Gasteiger partial charge is 0.461 e. The summed E-state index contributed by atoms with van der Waals surface area (Å²) in [5.41, 5.74) is 1.000. The van der Waals surface area contributed by atoms with Crippen molar-refractivity contribution in [3.8, 4) is 11.5 Å². The van der Waals surface area contributed by atoms with Crippen molar-refractivity contribution in [3.63, 3.8) is 0 Å². The molecule has 0 bridgehead atoms. The van der Waals surface area contributed by atoms with Gasteiger partial charge >= 0.3 is 5.97 Å². The van der Waals surface area contributed by atoms with Gasteiger partial charge in [0.05, 0.1) is 11.8 Å². The first-order valence-electron chi connectivity index (χ1n) is 6.14. The first-order chi connectivity index (χ1) is 10.2. The third-order valence-corrected chi connectivity index (χ3v) is 3.28. The van der Waals surface area contributed by atoms with Crippen LogP contribution in [-0.4, -0.2) is 11.1 Å². The lowest BCUT2D eigenvalue weighted by molar-refractivity contribution is 0.0464. The first kappa shape index (κ1) is 13.6. The fraction of sp³-hybridized carbons (Fsp3) is 0.0667. The second-order valence-electron chi connectivity index (χ2n) is 4.24. The smallest absolute Gasteiger partial charge is 0.338 e. The van der Waals surface area contributed by atoms with Crippen molar-refractivity contribution in [2.24, 2.45) is 0 Å². The maximum absolute atomic E-state index is 11.9. The van der Waals surface area contributed by atoms with Gasteiger partial charge in [-0.1, -0.05) is 21.1 Å². The van der Waals surface area contributed by atoms with Crippen LogP contribution >= 0.6 is 15.9 Å². The lowest BCUT2D eigenvalue weighted by Crippen LogP contribution is -2.05. The number of benzene rings is 1. The molecule has 21 heavy (non-hydrogen) atoms. The van der Waals surface area contributed by atoms with Crippen molar-refractivity contribution >= 4 is 21.9 Å². The highest BCUT2D eigenvalue weighted by molar-refractivity contribution is 9.10. The van der Waals surface area contributed by atoms with E-state index < -0.39 is 5.97 Å². The number of hydrogen-bond donors (Lipinski definition) is 0. The molecule has 0 N–H and O–H groups in total. The summed E-state index contributed by atoms with van der Waals surface area (Å²) in [5.74, 6) is 0.660. The summed E-state index contributed by atoms with van der Waals surface area (Å²) < 4.78 is 16.4. The van der Waals surface area contributed by atoms with E-state index in [1.165, 1.54) is 0 Å². The summed E-state index contributed by atoms with van der Waals surface area (Å²) >= 11 is 3.31. The summed E-state index contributed by atoms with van der Waals surface area (Å²) in [6.07, 6.45) is 1.55. The zero-order valence-corrected chi connectivity index (χ0v) is 12.4. The fourth-order valence-electron chi connectivity index (χ4n) is 1.72. The van der Waals surface area contributed by atoms with Crippen LogP contribution in [0.1, 0.15) is 16.1 Å². The molecule has 0 spiro atoms. The van der Waals surface area contributed by atoms with Crippen LogP contribution in [0.5, 0.6) is 0 Å². The van der Waals surface area contributed by atoms with Gasteiger partial charge in [-0.3, -0.25) is 0 Å². The molecule has 0 atom stereocenters. The second kappa shape index (κ2) is 5.97. The SMILES string of the molecule is O=C(OCc1cc(-c2ccco2)on1)c1ccc(Br)cc1. The van der Waals surface area contributed by atoms with Gasteiger partial charge in [-0.25, -0.2) is 4.79 Å². The predicted molar refractivity (Wildman–Crippen MR) is 77.5 cm³/mol. The van der Waals surface area contributed by atoms with Gasteiger partial charge in [-0.2, -0.15) is 0 Å². The highest BCUT2D eigenvalue weighted by Crippen LogP contribution is 2.21. The summed E-state index contributed by atoms with van der Waals surface area (Å²) in [6.45, 7) is 0.0408. The monoisotopic (exact) mass is 347 g/mol. The Labute approximate surface area is 128 Å². The quantitative estimate of drug-likeness (QED) is 0.666. The number of hydrogen-bond acceptors (Lipinski definition) is 5. The molecular weight excluding hydrogens is 338 g/mol. The molecule has 0 amide bonds. The van der Waals surface area contributed by atoms with Crippen molar-refractivity contribution < 1.29 is 18.5 Å². The molecule has 0 radical (unpaired) electrons. The van der Waals surface area contributed by atoms with Crippen LogP contribution in [0.3, 0.4) is 0 Å². The molecule has 0 saturated heterocycles. The maximum atomic E-state index is 11.9. The fourth-order valence-corrected chi connectivity index (χ4v) is 1.99. The van der Waals surface area contributed by atoms with Gasteiger partial charge in [-0.15, -0.1) is 0 Å². The van der Waals surface area contributed by atoms with Crippen molar-refractivity contribution in [2.45, 2.75) is 6.61 Å². The highest BCUT2D eigenvalue weighted by atomic mass is 79.9. The second-order valence-corrected chi connectivity index (χ2v) is 5.16. The van der Waals surface area contributed by atoms with Crippen LogP contribution in [0.25, 0.3) is 11.5 Å². The number of carbonyl (C=O) groups excluding carboxylic acids is 1. The third kappa shape index (κ3) is 3.22. The maximum Gasteiger partial charge on any atom is 0.338 e. The van der Waals surface area contributed by atoms with Crippen LogP contribution in [0.15, 0.2) is 62.1 Å². The Kier molecular flexibility index (Phi) is 3.87. The third-order valence-electron chi connectivity index (χ3n) is 2.75. The number of ether oxygens (including phenoxy) is 1. The lowest BCUT2D eigenvalue weighted by Gasteiger charge is -2.02. The Morgan fingerprint density at radius 3 is 2.71 bits per heavy atom. The van der Waals surface area contributed by atoms with Gasteiger partial charge < -0.3 is 13.7 Å². The number of aromatic nitrogens is 1. The average Bonchev–Trinajstić information content (AvgIpc) is 3.16. The molecule has 0 aliphatic carbocycles. The van der Waals surface area contributed by atoms with E-state index in [-0.39, 0.29) is 6.61 Å². The van der Waals surface area contributed by atoms with Crippen LogP contribution in [0.4, 0.5) is 0 Å². The highest BCUT2D eigenvalue weighted by Gasteiger charge is 2.12. The molecule has 5 nitrogen and oxygen atoms in total. The number of carbonyl (C=O) groups is 1. The number of esters is 1. The van der Waals surface area contributed by atoms with Crippen LogP contribution in [0.2, 0.25) is 0 Å². The molecule has 0 fully saturated rings. The van der Waals surface area contributed by atoms with Gasteiger partial charge in [-0.05, 0) is 36.4 Å². The van der Waals surface area contributed by atoms with Crippen molar-refractivity contribution in [1.82, 2.24) is 5.16 Å². The zero-order valence-electron chi connectivity index (χ0n) is 10.8. The summed E-state index contributed by atoms with van der Waals surface area (Å²) in [7, 11) is 0. The molecule has 3 rings (SSSR count). The number of halogens is 1. The minimum absolute atomic E-state index is 0.0408. The van der Waals surface area contributed by atoms with E-state index in [0.717, 1.165) is 4.47 Å². The average molecular weight is 348 g/mol. The van der Waals surface area contributed by atoms with E-state index in [1.807, 2.05) is 0 Å². The molecule has 106 valence electrons. The minimum Gasteiger partial charge on any atom is -0.461 e. The predicted octanol–water partition coefficient (Wildman–Crippen LogP) is 4.05. The van der Waals surface area contributed by atoms with E-state index in [2.05, 4.69) is 21.1 Å². The van der Waals surface area contributed by atoms with Gasteiger partial charge in [0.25, 0.3) is 0 Å². The standard InChI is InChI=1S/C15H10BrNO4/c16-11-5-3-10(4-6-11)15(18)20-9-12-8-14(21-17-12)13-2-1-7-19-13/h1-8H,9H2. The molecule has 0 unspecified atom stereocenters. The summed E-state index contributed by atoms with van der Waals surface area (Å²) in [4.78, 5) is 11.9. The van der Waals surface area contributed by atoms with E-state index >= 15 is 0 Å². The minimum atomic E-state index is -0.412. The number of rotatable bonds is 4. The topological polar surface area (TPSA) is 65.5 Å². The van der Waals surface area contributed by atoms with Crippen LogP contribution in [-0.2, 0) is 11.3 Å². The number of furan rings is 1. The van der Waals surface area contributed by atoms with Crippen molar-refractivity contribution in [1.29, 1.82) is 0 Å². The first-order valence-corrected chi connectivity index (χ1v) is 6.94. The van der Waals surface area contributed by atoms with Gasteiger partial charge in [0, 0.05) is 10.5 Å². The Morgan fingerprint density at radius 1 is 1.19 bits per heavy atom. The zero-order chi connectivity index (χ0) is 14.7. The molecule has 1 aromatic carbocycles. The van der Waals surface area contributed by atoms with E-state index in [9.17, 15) is 4.79 Å². The Hall–Kier alpha value is -2.34. The van der Waals surface area contributed by atoms with Crippen LogP contribution in [0, 0.1) is 0 Å². The van der Waals surface area contributed by atoms with Gasteiger partial charge in [0.2, 0.25) is 5.76 Å². The van der Waals surface area contributed by atoms with Crippen molar-refractivity contribution in [2.75, 3.05) is 0 Å². The molecule has 0 aliphatic rings. The van der Waals surface area contributed by atoms with E-state index in [1.54, 1.807) is 48.7 Å². The Balaban J connectivity index is 1.62. The molecule has 3 aromatic rings. The summed E-state index contributed by atoms with van der Waals surface area (Å²) in [6, 6.07) is 12.1. The molecule has 0 saturated carbocycles. The Morgan fingerprint density at radius 2 is 2.00 bits per heavy atom. The molecular formula is C15H10BrNO4. The van der Waals surface area contributed by atoms with E-state index in [4.69, 9.17) is 13.7 Å². The van der Waals surface area contributed by atoms with Gasteiger partial charge in [0.1, 0.15) is 12.3 Å². The lowest BCUT2D eigenvalue weighted by atomic mass is 10.2. The molecule has 2 heterocycles. The Bertz CT molecular complexity index is 731. The number of nitrogens with zero attached hydrogens (tertiary/aromatic N) is 1. The summed E-state index contributed by atoms with van der Waals surface area (Å²) in [5, 5.41) is 3.83. The molecule has 6 heteroatoms. The van der Waals surface area contributed by atoms with Gasteiger partial charge in [0.15, 0.2) is 5.76 Å². The van der Waals surface area contributed by atoms with Crippen molar-refractivity contribution in [3.05, 3.63) is 64.5 Å².